The monoisotopic (exact) mass is 405 g/mol. The van der Waals surface area contributed by atoms with Gasteiger partial charge in [0.05, 0.1) is 35.9 Å². The first kappa shape index (κ1) is 27.7. The highest BCUT2D eigenvalue weighted by atomic mass is 16.3. The van der Waals surface area contributed by atoms with E-state index >= 15 is 0 Å². The maximum atomic E-state index is 9.45. The van der Waals surface area contributed by atoms with Crippen molar-refractivity contribution in [1.29, 1.82) is 0 Å². The van der Waals surface area contributed by atoms with Crippen LogP contribution in [0.15, 0.2) is 11.8 Å². The molecule has 0 saturated carbocycles. The van der Waals surface area contributed by atoms with E-state index in [1.807, 2.05) is 27.0 Å². The van der Waals surface area contributed by atoms with Crippen molar-refractivity contribution in [3.8, 4) is 0 Å². The molecule has 0 radical (unpaired) electrons. The van der Waals surface area contributed by atoms with Crippen molar-refractivity contribution in [1.82, 2.24) is 15.3 Å². The van der Waals surface area contributed by atoms with E-state index in [0.717, 1.165) is 36.3 Å². The van der Waals surface area contributed by atoms with Crippen molar-refractivity contribution in [2.45, 2.75) is 113 Å². The first-order valence-electron chi connectivity index (χ1n) is 11.6. The first-order chi connectivity index (χ1) is 13.7. The number of hydrogen-bond donors (Lipinski definition) is 2. The van der Waals surface area contributed by atoms with Crippen LogP contribution >= 0.6 is 0 Å². The van der Waals surface area contributed by atoms with Gasteiger partial charge in [0.2, 0.25) is 0 Å². The van der Waals surface area contributed by atoms with Crippen LogP contribution in [0.2, 0.25) is 0 Å². The molecule has 0 amide bonds. The molecule has 4 heteroatoms. The van der Waals surface area contributed by atoms with Crippen molar-refractivity contribution in [2.75, 3.05) is 6.61 Å². The lowest BCUT2D eigenvalue weighted by Crippen LogP contribution is -2.34. The Labute approximate surface area is 180 Å². The summed E-state index contributed by atoms with van der Waals surface area (Å²) in [6.45, 7) is 19.3. The minimum atomic E-state index is 0.143. The van der Waals surface area contributed by atoms with Gasteiger partial charge in [-0.1, -0.05) is 79.7 Å². The van der Waals surface area contributed by atoms with E-state index in [4.69, 9.17) is 4.98 Å². The summed E-state index contributed by atoms with van der Waals surface area (Å²) in [6.07, 6.45) is 11.1. The molecule has 1 fully saturated rings. The van der Waals surface area contributed by atoms with Crippen molar-refractivity contribution >= 4 is 6.08 Å². The summed E-state index contributed by atoms with van der Waals surface area (Å²) in [5.74, 6) is 0. The predicted octanol–water partition coefficient (Wildman–Crippen LogP) is 6.63. The van der Waals surface area contributed by atoms with Gasteiger partial charge in [0, 0.05) is 6.04 Å². The summed E-state index contributed by atoms with van der Waals surface area (Å²) < 4.78 is 0. The van der Waals surface area contributed by atoms with Gasteiger partial charge in [-0.05, 0) is 38.2 Å². The van der Waals surface area contributed by atoms with E-state index in [1.165, 1.54) is 24.8 Å². The lowest BCUT2D eigenvalue weighted by molar-refractivity contribution is 0.229. The van der Waals surface area contributed by atoms with Crippen molar-refractivity contribution < 1.29 is 5.11 Å². The van der Waals surface area contributed by atoms with Crippen LogP contribution in [-0.2, 0) is 0 Å². The molecule has 2 atom stereocenters. The molecule has 0 bridgehead atoms. The number of aliphatic hydroxyl groups excluding tert-OH is 1. The van der Waals surface area contributed by atoms with Gasteiger partial charge in [0.25, 0.3) is 0 Å². The van der Waals surface area contributed by atoms with E-state index in [0.29, 0.717) is 0 Å². The van der Waals surface area contributed by atoms with Crippen LogP contribution in [0.5, 0.6) is 0 Å². The number of aromatic nitrogens is 2. The second-order valence-electron chi connectivity index (χ2n) is 8.73. The first-order valence-corrected chi connectivity index (χ1v) is 11.6. The molecule has 1 saturated heterocycles. The third kappa shape index (κ3) is 10.4. The standard InChI is InChI=1S/C19H31N3O.C4H10.C2H6/c1-13(19(3,4)5)10-17-14(2)21-18(11-20-17)16-9-7-6-8-15(12-23)22-16;1-3-4-2;1-2/h10-11,15-16,22-23H,6-9,12H2,1-5H3;3-4H2,1-2H3;1-2H3/b13-10+;;. The molecule has 0 aromatic carbocycles. The lowest BCUT2D eigenvalue weighted by Gasteiger charge is -2.21. The zero-order valence-corrected chi connectivity index (χ0v) is 20.6. The van der Waals surface area contributed by atoms with Gasteiger partial charge in [0.15, 0.2) is 0 Å². The van der Waals surface area contributed by atoms with E-state index in [-0.39, 0.29) is 24.1 Å². The van der Waals surface area contributed by atoms with Crippen molar-refractivity contribution in [3.05, 3.63) is 28.9 Å². The SMILES string of the molecule is C/C(=C\c1ncc(C2CCCCC(CO)N2)nc1C)C(C)(C)C.CC.CCCC. The highest BCUT2D eigenvalue weighted by molar-refractivity contribution is 5.51. The number of aryl methyl sites for hydroxylation is 1. The van der Waals surface area contributed by atoms with Gasteiger partial charge < -0.3 is 10.4 Å². The largest absolute Gasteiger partial charge is 0.395 e. The molecule has 2 heterocycles. The summed E-state index contributed by atoms with van der Waals surface area (Å²) in [7, 11) is 0. The number of nitrogens with zero attached hydrogens (tertiary/aromatic N) is 2. The molecule has 1 aliphatic heterocycles. The highest BCUT2D eigenvalue weighted by Crippen LogP contribution is 2.27. The topological polar surface area (TPSA) is 58.0 Å². The Hall–Kier alpha value is -1.26. The van der Waals surface area contributed by atoms with Gasteiger partial charge in [0.1, 0.15) is 0 Å². The molecule has 1 aromatic heterocycles. The number of hydrogen-bond acceptors (Lipinski definition) is 4. The average molecular weight is 406 g/mol. The van der Waals surface area contributed by atoms with Crippen LogP contribution < -0.4 is 5.32 Å². The zero-order chi connectivity index (χ0) is 22.4. The maximum absolute atomic E-state index is 9.45. The fourth-order valence-electron chi connectivity index (χ4n) is 2.81. The van der Waals surface area contributed by atoms with E-state index in [9.17, 15) is 5.11 Å². The van der Waals surface area contributed by atoms with E-state index < -0.39 is 0 Å². The highest BCUT2D eigenvalue weighted by Gasteiger charge is 2.22. The van der Waals surface area contributed by atoms with Crippen LogP contribution in [0.1, 0.15) is 117 Å². The number of aliphatic hydroxyl groups is 1. The number of unbranched alkanes of at least 4 members (excludes halogenated alkanes) is 1. The van der Waals surface area contributed by atoms with E-state index in [2.05, 4.69) is 57.9 Å². The molecule has 168 valence electrons. The van der Waals surface area contributed by atoms with Crippen LogP contribution in [0.25, 0.3) is 6.08 Å². The Morgan fingerprint density at radius 1 is 1.17 bits per heavy atom. The third-order valence-corrected chi connectivity index (χ3v) is 5.35. The fourth-order valence-corrected chi connectivity index (χ4v) is 2.81. The minimum Gasteiger partial charge on any atom is -0.395 e. The molecular formula is C25H47N3O. The summed E-state index contributed by atoms with van der Waals surface area (Å²) in [6, 6.07) is 0.370. The Morgan fingerprint density at radius 3 is 2.24 bits per heavy atom. The van der Waals surface area contributed by atoms with Crippen LogP contribution in [-0.4, -0.2) is 27.7 Å². The fraction of sp³-hybridized carbons (Fsp3) is 0.760. The normalized spacial score (nSPS) is 20.0. The van der Waals surface area contributed by atoms with Gasteiger partial charge >= 0.3 is 0 Å². The molecule has 0 aliphatic carbocycles. The Kier molecular flexibility index (Phi) is 14.0. The summed E-state index contributed by atoms with van der Waals surface area (Å²) in [5, 5.41) is 13.0. The summed E-state index contributed by atoms with van der Waals surface area (Å²) in [4.78, 5) is 9.44. The number of nitrogens with one attached hydrogen (secondary N) is 1. The van der Waals surface area contributed by atoms with Gasteiger partial charge in [-0.15, -0.1) is 0 Å². The second-order valence-corrected chi connectivity index (χ2v) is 8.73. The Morgan fingerprint density at radius 2 is 1.76 bits per heavy atom. The molecular weight excluding hydrogens is 358 g/mol. The van der Waals surface area contributed by atoms with Crippen LogP contribution in [0.4, 0.5) is 0 Å². The molecule has 1 aliphatic rings. The summed E-state index contributed by atoms with van der Waals surface area (Å²) >= 11 is 0. The molecule has 29 heavy (non-hydrogen) atoms. The average Bonchev–Trinajstić information content (AvgIpc) is 2.96. The molecule has 2 rings (SSSR count). The molecule has 1 aromatic rings. The zero-order valence-electron chi connectivity index (χ0n) is 20.6. The van der Waals surface area contributed by atoms with Crippen molar-refractivity contribution in [3.63, 3.8) is 0 Å². The number of allylic oxidation sites excluding steroid dienone is 1. The number of rotatable bonds is 4. The molecule has 4 nitrogen and oxygen atoms in total. The maximum Gasteiger partial charge on any atom is 0.0842 e. The van der Waals surface area contributed by atoms with E-state index in [1.54, 1.807) is 0 Å². The lowest BCUT2D eigenvalue weighted by atomic mass is 9.87. The molecule has 2 N–H and O–H groups in total. The van der Waals surface area contributed by atoms with Gasteiger partial charge in [-0.2, -0.15) is 0 Å². The third-order valence-electron chi connectivity index (χ3n) is 5.35. The van der Waals surface area contributed by atoms with Crippen LogP contribution in [0, 0.1) is 12.3 Å². The molecule has 0 spiro atoms. The second kappa shape index (κ2) is 14.7. The minimum absolute atomic E-state index is 0.143. The van der Waals surface area contributed by atoms with Gasteiger partial charge in [-0.25, -0.2) is 0 Å². The summed E-state index contributed by atoms with van der Waals surface area (Å²) in [5.41, 5.74) is 4.36. The predicted molar refractivity (Wildman–Crippen MR) is 127 cm³/mol. The van der Waals surface area contributed by atoms with Crippen LogP contribution in [0.3, 0.4) is 0 Å². The quantitative estimate of drug-likeness (QED) is 0.590. The Bertz CT molecular complexity index is 588. The van der Waals surface area contributed by atoms with Crippen molar-refractivity contribution in [2.24, 2.45) is 5.41 Å². The molecule has 2 unspecified atom stereocenters. The smallest absolute Gasteiger partial charge is 0.0842 e. The van der Waals surface area contributed by atoms with Gasteiger partial charge in [-0.3, -0.25) is 9.97 Å². The Balaban J connectivity index is 0.00000116.